The van der Waals surface area contributed by atoms with E-state index in [1.165, 1.54) is 31.4 Å². The van der Waals surface area contributed by atoms with Crippen LogP contribution < -0.4 is 10.1 Å². The predicted molar refractivity (Wildman–Crippen MR) is 94.0 cm³/mol. The number of hydrogen-bond acceptors (Lipinski definition) is 5. The van der Waals surface area contributed by atoms with Gasteiger partial charge in [-0.1, -0.05) is 23.2 Å². The highest BCUT2D eigenvalue weighted by Crippen LogP contribution is 2.27. The van der Waals surface area contributed by atoms with Crippen LogP contribution in [-0.2, 0) is 9.84 Å². The third-order valence-corrected chi connectivity index (χ3v) is 5.27. The first-order valence-corrected chi connectivity index (χ1v) is 8.83. The maximum absolute atomic E-state index is 12.4. The first kappa shape index (κ1) is 18.1. The molecule has 0 aliphatic carbocycles. The number of rotatable bonds is 5. The molecule has 0 unspecified atom stereocenters. The van der Waals surface area contributed by atoms with Crippen molar-refractivity contribution >= 4 is 38.7 Å². The second kappa shape index (κ2) is 7.58. The van der Waals surface area contributed by atoms with Gasteiger partial charge in [-0.25, -0.2) is 8.42 Å². The molecule has 124 valence electrons. The second-order valence-electron chi connectivity index (χ2n) is 4.57. The average molecular weight is 383 g/mol. The van der Waals surface area contributed by atoms with Crippen LogP contribution in [0.5, 0.6) is 5.75 Å². The summed E-state index contributed by atoms with van der Waals surface area (Å²) in [6.07, 6.45) is 1.11. The summed E-state index contributed by atoms with van der Waals surface area (Å²) in [6, 6.07) is 12.1. The number of allylic oxidation sites excluding steroid dienone is 1. The number of nitrogens with zero attached hydrogens (tertiary/aromatic N) is 1. The molecular weight excluding hydrogens is 371 g/mol. The summed E-state index contributed by atoms with van der Waals surface area (Å²) >= 11 is 11.7. The molecule has 1 N–H and O–H groups in total. The molecule has 5 nitrogen and oxygen atoms in total. The van der Waals surface area contributed by atoms with Gasteiger partial charge in [0, 0.05) is 16.9 Å². The number of hydrogen-bond donors (Lipinski definition) is 1. The summed E-state index contributed by atoms with van der Waals surface area (Å²) in [5, 5.41) is 12.7. The van der Waals surface area contributed by atoms with Crippen LogP contribution in [0.1, 0.15) is 0 Å². The zero-order valence-corrected chi connectivity index (χ0v) is 14.8. The van der Waals surface area contributed by atoms with Crippen molar-refractivity contribution in [3.8, 4) is 11.8 Å². The highest BCUT2D eigenvalue weighted by molar-refractivity contribution is 7.95. The van der Waals surface area contributed by atoms with E-state index in [0.717, 1.165) is 6.20 Å². The van der Waals surface area contributed by atoms with E-state index in [0.29, 0.717) is 21.5 Å². The first-order valence-electron chi connectivity index (χ1n) is 6.59. The molecule has 0 fully saturated rings. The Morgan fingerprint density at radius 1 is 1.21 bits per heavy atom. The largest absolute Gasteiger partial charge is 0.495 e. The van der Waals surface area contributed by atoms with Gasteiger partial charge in [0.1, 0.15) is 11.8 Å². The molecule has 0 radical (unpaired) electrons. The molecule has 2 aromatic carbocycles. The van der Waals surface area contributed by atoms with E-state index >= 15 is 0 Å². The summed E-state index contributed by atoms with van der Waals surface area (Å²) in [7, 11) is -2.45. The smallest absolute Gasteiger partial charge is 0.218 e. The van der Waals surface area contributed by atoms with Crippen LogP contribution in [0, 0.1) is 11.3 Å². The van der Waals surface area contributed by atoms with Gasteiger partial charge in [-0.3, -0.25) is 0 Å². The third kappa shape index (κ3) is 4.01. The molecule has 2 aromatic rings. The quantitative estimate of drug-likeness (QED) is 0.781. The van der Waals surface area contributed by atoms with E-state index in [1.54, 1.807) is 24.3 Å². The van der Waals surface area contributed by atoms with Crippen molar-refractivity contribution in [2.75, 3.05) is 12.4 Å². The SMILES string of the molecule is COc1ccc(N/C=C(\C#N)S(=O)(=O)c2ccc(Cl)cc2)cc1Cl. The number of methoxy groups -OCH3 is 1. The van der Waals surface area contributed by atoms with Crippen molar-refractivity contribution < 1.29 is 13.2 Å². The Hall–Kier alpha value is -2.20. The van der Waals surface area contributed by atoms with Crippen molar-refractivity contribution in [3.05, 3.63) is 63.6 Å². The molecular formula is C16H12Cl2N2O3S. The Bertz CT molecular complexity index is 917. The van der Waals surface area contributed by atoms with E-state index < -0.39 is 14.7 Å². The molecule has 0 atom stereocenters. The Morgan fingerprint density at radius 2 is 1.88 bits per heavy atom. The lowest BCUT2D eigenvalue weighted by atomic mass is 10.3. The minimum Gasteiger partial charge on any atom is -0.495 e. The second-order valence-corrected chi connectivity index (χ2v) is 7.33. The van der Waals surface area contributed by atoms with E-state index in [2.05, 4.69) is 5.32 Å². The lowest BCUT2D eigenvalue weighted by molar-refractivity contribution is 0.415. The number of sulfone groups is 1. The Morgan fingerprint density at radius 3 is 2.42 bits per heavy atom. The Kier molecular flexibility index (Phi) is 5.73. The van der Waals surface area contributed by atoms with Crippen LogP contribution in [0.3, 0.4) is 0 Å². The average Bonchev–Trinajstić information content (AvgIpc) is 2.55. The van der Waals surface area contributed by atoms with Crippen molar-refractivity contribution in [2.24, 2.45) is 0 Å². The maximum atomic E-state index is 12.4. The number of nitrogens with one attached hydrogen (secondary N) is 1. The fraction of sp³-hybridized carbons (Fsp3) is 0.0625. The van der Waals surface area contributed by atoms with E-state index in [9.17, 15) is 13.7 Å². The molecule has 0 heterocycles. The standard InChI is InChI=1S/C16H12Cl2N2O3S/c1-23-16-7-4-12(8-15(16)18)20-10-14(9-19)24(21,22)13-5-2-11(17)3-6-13/h2-8,10,20H,1H3/b14-10+. The Balaban J connectivity index is 2.30. The van der Waals surface area contributed by atoms with E-state index in [1.807, 2.05) is 0 Å². The van der Waals surface area contributed by atoms with Gasteiger partial charge in [0.2, 0.25) is 9.84 Å². The van der Waals surface area contributed by atoms with Gasteiger partial charge in [0.25, 0.3) is 0 Å². The highest BCUT2D eigenvalue weighted by atomic mass is 35.5. The van der Waals surface area contributed by atoms with Crippen LogP contribution in [0.2, 0.25) is 10.0 Å². The van der Waals surface area contributed by atoms with Gasteiger partial charge in [-0.2, -0.15) is 5.26 Å². The monoisotopic (exact) mass is 382 g/mol. The van der Waals surface area contributed by atoms with Gasteiger partial charge in [-0.05, 0) is 42.5 Å². The third-order valence-electron chi connectivity index (χ3n) is 3.05. The molecule has 0 saturated heterocycles. The van der Waals surface area contributed by atoms with E-state index in [-0.39, 0.29) is 4.90 Å². The summed E-state index contributed by atoms with van der Waals surface area (Å²) in [5.41, 5.74) is 0.514. The van der Waals surface area contributed by atoms with Gasteiger partial charge in [-0.15, -0.1) is 0 Å². The number of benzene rings is 2. The van der Waals surface area contributed by atoms with Crippen molar-refractivity contribution in [2.45, 2.75) is 4.90 Å². The zero-order chi connectivity index (χ0) is 17.7. The van der Waals surface area contributed by atoms with Gasteiger partial charge >= 0.3 is 0 Å². The minimum atomic E-state index is -3.94. The van der Waals surface area contributed by atoms with E-state index in [4.69, 9.17) is 27.9 Å². The molecule has 0 aliphatic rings. The fourth-order valence-corrected chi connectivity index (χ4v) is 3.28. The number of ether oxygens (including phenoxy) is 1. The van der Waals surface area contributed by atoms with Gasteiger partial charge in [0.05, 0.1) is 17.0 Å². The molecule has 24 heavy (non-hydrogen) atoms. The molecule has 0 amide bonds. The topological polar surface area (TPSA) is 79.2 Å². The fourth-order valence-electron chi connectivity index (χ4n) is 1.82. The molecule has 8 heteroatoms. The predicted octanol–water partition coefficient (Wildman–Crippen LogP) is 4.25. The molecule has 0 bridgehead atoms. The molecule has 0 aromatic heterocycles. The summed E-state index contributed by atoms with van der Waals surface area (Å²) in [4.78, 5) is -0.453. The molecule has 0 saturated carbocycles. The molecule has 0 spiro atoms. The first-order chi connectivity index (χ1) is 11.4. The van der Waals surface area contributed by atoms with Crippen LogP contribution in [-0.4, -0.2) is 15.5 Å². The summed E-state index contributed by atoms with van der Waals surface area (Å²) in [6.45, 7) is 0. The van der Waals surface area contributed by atoms with Crippen molar-refractivity contribution in [3.63, 3.8) is 0 Å². The number of halogens is 2. The lowest BCUT2D eigenvalue weighted by Crippen LogP contribution is -2.05. The van der Waals surface area contributed by atoms with Gasteiger partial charge in [0.15, 0.2) is 4.91 Å². The molecule has 0 aliphatic heterocycles. The lowest BCUT2D eigenvalue weighted by Gasteiger charge is -2.07. The molecule has 2 rings (SSSR count). The maximum Gasteiger partial charge on any atom is 0.218 e. The highest BCUT2D eigenvalue weighted by Gasteiger charge is 2.20. The van der Waals surface area contributed by atoms with Crippen molar-refractivity contribution in [1.29, 1.82) is 5.26 Å². The number of anilines is 1. The van der Waals surface area contributed by atoms with Crippen molar-refractivity contribution in [1.82, 2.24) is 0 Å². The zero-order valence-electron chi connectivity index (χ0n) is 12.5. The van der Waals surface area contributed by atoms with Crippen LogP contribution in [0.4, 0.5) is 5.69 Å². The Labute approximate surface area is 150 Å². The van der Waals surface area contributed by atoms with Crippen LogP contribution in [0.15, 0.2) is 58.5 Å². The number of nitriles is 1. The normalized spacial score (nSPS) is 11.7. The summed E-state index contributed by atoms with van der Waals surface area (Å²) < 4.78 is 29.9. The minimum absolute atomic E-state index is 0.0192. The van der Waals surface area contributed by atoms with Gasteiger partial charge < -0.3 is 10.1 Å². The summed E-state index contributed by atoms with van der Waals surface area (Å²) in [5.74, 6) is 0.487. The van der Waals surface area contributed by atoms with Crippen LogP contribution in [0.25, 0.3) is 0 Å². The van der Waals surface area contributed by atoms with Crippen LogP contribution >= 0.6 is 23.2 Å².